The standard InChI is InChI=1S/C22H35FO2/c1-25-17-22(16-24)21-13-11-20(12-14-21)10-9-19-7-5-18(6-8-19)4-2-3-15-23/h11-14,18-19,22,24H,2-10,15-17H2,1H3. The smallest absolute Gasteiger partial charge is 0.0894 e. The number of unbranched alkanes of at least 4 members (excludes halogenated alkanes) is 1. The van der Waals surface area contributed by atoms with Crippen LogP contribution in [0.25, 0.3) is 0 Å². The largest absolute Gasteiger partial charge is 0.396 e. The molecule has 2 rings (SSSR count). The molecule has 25 heavy (non-hydrogen) atoms. The zero-order chi connectivity index (χ0) is 17.9. The molecule has 2 nitrogen and oxygen atoms in total. The van der Waals surface area contributed by atoms with Crippen LogP contribution in [-0.2, 0) is 11.2 Å². The van der Waals surface area contributed by atoms with Crippen LogP contribution < -0.4 is 0 Å². The molecule has 0 heterocycles. The van der Waals surface area contributed by atoms with E-state index < -0.39 is 0 Å². The number of aliphatic hydroxyl groups excluding tert-OH is 1. The Kier molecular flexibility index (Phi) is 9.49. The maximum atomic E-state index is 12.2. The van der Waals surface area contributed by atoms with Crippen molar-refractivity contribution in [3.8, 4) is 0 Å². The molecular formula is C22H35FO2. The zero-order valence-electron chi connectivity index (χ0n) is 15.8. The number of alkyl halides is 1. The molecule has 1 aliphatic rings. The molecule has 0 saturated heterocycles. The lowest BCUT2D eigenvalue weighted by Gasteiger charge is -2.28. The normalized spacial score (nSPS) is 22.0. The number of aryl methyl sites for hydroxylation is 1. The Hall–Kier alpha value is -0.930. The van der Waals surface area contributed by atoms with Gasteiger partial charge in [-0.25, -0.2) is 0 Å². The second kappa shape index (κ2) is 11.6. The van der Waals surface area contributed by atoms with E-state index in [0.717, 1.165) is 36.7 Å². The van der Waals surface area contributed by atoms with E-state index in [-0.39, 0.29) is 19.2 Å². The average Bonchev–Trinajstić information content (AvgIpc) is 2.66. The molecule has 0 spiro atoms. The fourth-order valence-electron chi connectivity index (χ4n) is 4.12. The maximum Gasteiger partial charge on any atom is 0.0894 e. The van der Waals surface area contributed by atoms with Crippen LogP contribution in [0.2, 0.25) is 0 Å². The molecule has 0 amide bonds. The topological polar surface area (TPSA) is 29.5 Å². The van der Waals surface area contributed by atoms with Crippen LogP contribution >= 0.6 is 0 Å². The van der Waals surface area contributed by atoms with Crippen molar-refractivity contribution in [3.63, 3.8) is 0 Å². The number of ether oxygens (including phenoxy) is 1. The van der Waals surface area contributed by atoms with Crippen LogP contribution in [0.1, 0.15) is 68.4 Å². The van der Waals surface area contributed by atoms with Gasteiger partial charge >= 0.3 is 0 Å². The number of benzene rings is 1. The van der Waals surface area contributed by atoms with Gasteiger partial charge in [-0.2, -0.15) is 0 Å². The Morgan fingerprint density at radius 1 is 1.04 bits per heavy atom. The number of hydrogen-bond acceptors (Lipinski definition) is 2. The third-order valence-corrected chi connectivity index (χ3v) is 5.84. The Balaban J connectivity index is 1.70. The quantitative estimate of drug-likeness (QED) is 0.550. The summed E-state index contributed by atoms with van der Waals surface area (Å²) in [5.41, 5.74) is 2.55. The van der Waals surface area contributed by atoms with Crippen molar-refractivity contribution in [2.24, 2.45) is 11.8 Å². The summed E-state index contributed by atoms with van der Waals surface area (Å²) in [4.78, 5) is 0. The second-order valence-corrected chi connectivity index (χ2v) is 7.69. The van der Waals surface area contributed by atoms with Crippen molar-refractivity contribution >= 4 is 0 Å². The number of aliphatic hydroxyl groups is 1. The summed E-state index contributed by atoms with van der Waals surface area (Å²) in [6, 6.07) is 8.68. The van der Waals surface area contributed by atoms with E-state index >= 15 is 0 Å². The highest BCUT2D eigenvalue weighted by Crippen LogP contribution is 2.34. The number of rotatable bonds is 11. The van der Waals surface area contributed by atoms with Gasteiger partial charge in [0.15, 0.2) is 0 Å². The Labute approximate surface area is 152 Å². The lowest BCUT2D eigenvalue weighted by molar-refractivity contribution is 0.144. The van der Waals surface area contributed by atoms with Crippen LogP contribution in [0.15, 0.2) is 24.3 Å². The van der Waals surface area contributed by atoms with E-state index in [4.69, 9.17) is 4.74 Å². The third-order valence-electron chi connectivity index (χ3n) is 5.84. The number of methoxy groups -OCH3 is 1. The first-order valence-electron chi connectivity index (χ1n) is 10.0. The summed E-state index contributed by atoms with van der Waals surface area (Å²) in [6.07, 6.45) is 10.8. The lowest BCUT2D eigenvalue weighted by atomic mass is 9.78. The van der Waals surface area contributed by atoms with E-state index in [9.17, 15) is 9.50 Å². The number of halogens is 1. The van der Waals surface area contributed by atoms with Gasteiger partial charge in [-0.05, 0) is 42.2 Å². The van der Waals surface area contributed by atoms with Crippen LogP contribution in [0.4, 0.5) is 4.39 Å². The summed E-state index contributed by atoms with van der Waals surface area (Å²) in [5.74, 6) is 1.78. The second-order valence-electron chi connectivity index (χ2n) is 7.69. The van der Waals surface area contributed by atoms with Gasteiger partial charge in [-0.1, -0.05) is 62.8 Å². The predicted octanol–water partition coefficient (Wildman–Crippen LogP) is 5.29. The zero-order valence-corrected chi connectivity index (χ0v) is 15.8. The van der Waals surface area contributed by atoms with Crippen LogP contribution in [-0.4, -0.2) is 32.1 Å². The molecule has 0 aliphatic heterocycles. The molecule has 1 aliphatic carbocycles. The molecule has 0 radical (unpaired) electrons. The van der Waals surface area contributed by atoms with Gasteiger partial charge in [0.1, 0.15) is 0 Å². The van der Waals surface area contributed by atoms with Gasteiger partial charge in [0.25, 0.3) is 0 Å². The fraction of sp³-hybridized carbons (Fsp3) is 0.727. The van der Waals surface area contributed by atoms with Gasteiger partial charge in [0, 0.05) is 13.0 Å². The molecule has 1 aromatic carbocycles. The van der Waals surface area contributed by atoms with E-state index in [1.165, 1.54) is 44.1 Å². The minimum atomic E-state index is -0.154. The summed E-state index contributed by atoms with van der Waals surface area (Å²) >= 11 is 0. The van der Waals surface area contributed by atoms with Crippen molar-refractivity contribution in [2.45, 2.75) is 63.7 Å². The first-order valence-corrected chi connectivity index (χ1v) is 10.0. The van der Waals surface area contributed by atoms with Crippen LogP contribution in [0.3, 0.4) is 0 Å². The van der Waals surface area contributed by atoms with Gasteiger partial charge in [0.2, 0.25) is 0 Å². The Bertz CT molecular complexity index is 452. The van der Waals surface area contributed by atoms with Gasteiger partial charge in [0.05, 0.1) is 19.9 Å². The van der Waals surface area contributed by atoms with Crippen LogP contribution in [0, 0.1) is 11.8 Å². The van der Waals surface area contributed by atoms with Crippen molar-refractivity contribution in [1.82, 2.24) is 0 Å². The van der Waals surface area contributed by atoms with Crippen LogP contribution in [0.5, 0.6) is 0 Å². The van der Waals surface area contributed by atoms with Crippen molar-refractivity contribution in [3.05, 3.63) is 35.4 Å². The minimum Gasteiger partial charge on any atom is -0.396 e. The highest BCUT2D eigenvalue weighted by atomic mass is 19.1. The molecule has 1 N–H and O–H groups in total. The third kappa shape index (κ3) is 7.07. The highest BCUT2D eigenvalue weighted by Gasteiger charge is 2.20. The van der Waals surface area contributed by atoms with E-state index in [1.807, 2.05) is 0 Å². The lowest BCUT2D eigenvalue weighted by Crippen LogP contribution is -2.15. The molecule has 1 fully saturated rings. The summed E-state index contributed by atoms with van der Waals surface area (Å²) in [6.45, 7) is 0.533. The molecule has 0 aromatic heterocycles. The molecule has 3 heteroatoms. The number of hydrogen-bond donors (Lipinski definition) is 1. The van der Waals surface area contributed by atoms with E-state index in [0.29, 0.717) is 6.61 Å². The average molecular weight is 351 g/mol. The first-order chi connectivity index (χ1) is 12.3. The monoisotopic (exact) mass is 350 g/mol. The minimum absolute atomic E-state index is 0.0757. The first kappa shape index (κ1) is 20.4. The van der Waals surface area contributed by atoms with Gasteiger partial charge in [-0.3, -0.25) is 4.39 Å². The Morgan fingerprint density at radius 2 is 1.68 bits per heavy atom. The van der Waals surface area contributed by atoms with E-state index in [1.54, 1.807) is 7.11 Å². The van der Waals surface area contributed by atoms with Gasteiger partial charge < -0.3 is 9.84 Å². The fourth-order valence-corrected chi connectivity index (χ4v) is 4.12. The predicted molar refractivity (Wildman–Crippen MR) is 102 cm³/mol. The maximum absolute atomic E-state index is 12.2. The van der Waals surface area contributed by atoms with Crippen molar-refractivity contribution in [2.75, 3.05) is 27.0 Å². The highest BCUT2D eigenvalue weighted by molar-refractivity contribution is 5.25. The molecule has 1 aromatic rings. The summed E-state index contributed by atoms with van der Waals surface area (Å²) in [5, 5.41) is 9.44. The summed E-state index contributed by atoms with van der Waals surface area (Å²) in [7, 11) is 1.67. The van der Waals surface area contributed by atoms with Crippen molar-refractivity contribution < 1.29 is 14.2 Å². The van der Waals surface area contributed by atoms with Gasteiger partial charge in [-0.15, -0.1) is 0 Å². The molecule has 0 bridgehead atoms. The molecular weight excluding hydrogens is 315 g/mol. The molecule has 1 unspecified atom stereocenters. The molecule has 1 atom stereocenters. The van der Waals surface area contributed by atoms with Crippen molar-refractivity contribution in [1.29, 1.82) is 0 Å². The SMILES string of the molecule is COCC(CO)c1ccc(CCC2CCC(CCCCF)CC2)cc1. The van der Waals surface area contributed by atoms with E-state index in [2.05, 4.69) is 24.3 Å². The molecule has 142 valence electrons. The Morgan fingerprint density at radius 3 is 2.24 bits per heavy atom. The molecule has 1 saturated carbocycles. The summed E-state index contributed by atoms with van der Waals surface area (Å²) < 4.78 is 17.3.